The lowest BCUT2D eigenvalue weighted by molar-refractivity contribution is 0.0690. The van der Waals surface area contributed by atoms with E-state index in [1.807, 2.05) is 24.3 Å². The van der Waals surface area contributed by atoms with Gasteiger partial charge in [0.05, 0.1) is 19.3 Å². The molecule has 3 aromatic rings. The molecule has 11 heteroatoms. The second kappa shape index (κ2) is 12.1. The SMILES string of the molecule is N#CC1CCN(c2ccc(-c3cc(C(=O)O)nc(Nc4ccnc(N5CCOCC5)c4)c3C(=N)C3CCC3)cn2)CC1. The van der Waals surface area contributed by atoms with Crippen LogP contribution in [-0.2, 0) is 4.74 Å². The number of nitrogens with zero attached hydrogens (tertiary/aromatic N) is 6. The summed E-state index contributed by atoms with van der Waals surface area (Å²) in [6.45, 7) is 4.30. The first-order valence-corrected chi connectivity index (χ1v) is 14.5. The molecule has 5 heterocycles. The number of hydrogen-bond donors (Lipinski definition) is 3. The minimum absolute atomic E-state index is 0.0862. The van der Waals surface area contributed by atoms with Crippen LogP contribution in [0, 0.1) is 28.6 Å². The monoisotopic (exact) mass is 566 g/mol. The number of carboxylic acids is 1. The predicted molar refractivity (Wildman–Crippen MR) is 160 cm³/mol. The first-order chi connectivity index (χ1) is 20.5. The van der Waals surface area contributed by atoms with Gasteiger partial charge < -0.3 is 30.4 Å². The van der Waals surface area contributed by atoms with Crippen molar-refractivity contribution in [2.24, 2.45) is 11.8 Å². The number of carbonyl (C=O) groups is 1. The number of hydrogen-bond acceptors (Lipinski definition) is 10. The summed E-state index contributed by atoms with van der Waals surface area (Å²) in [7, 11) is 0. The highest BCUT2D eigenvalue weighted by Gasteiger charge is 2.29. The van der Waals surface area contributed by atoms with Gasteiger partial charge in [-0.3, -0.25) is 0 Å². The third kappa shape index (κ3) is 5.76. The fourth-order valence-electron chi connectivity index (χ4n) is 5.71. The number of carboxylic acid groups (broad SMARTS) is 1. The van der Waals surface area contributed by atoms with E-state index in [0.29, 0.717) is 41.6 Å². The number of rotatable bonds is 8. The number of pyridine rings is 3. The van der Waals surface area contributed by atoms with Crippen LogP contribution in [-0.4, -0.2) is 71.1 Å². The van der Waals surface area contributed by atoms with E-state index in [0.717, 1.165) is 75.5 Å². The minimum atomic E-state index is -1.14. The molecule has 3 aromatic heterocycles. The van der Waals surface area contributed by atoms with Crippen molar-refractivity contribution in [3.8, 4) is 17.2 Å². The molecule has 1 saturated carbocycles. The van der Waals surface area contributed by atoms with E-state index in [4.69, 9.17) is 9.72 Å². The molecule has 2 aliphatic heterocycles. The number of aromatic carboxylic acids is 1. The molecule has 0 aromatic carbocycles. The summed E-state index contributed by atoms with van der Waals surface area (Å²) in [5.41, 5.74) is 2.99. The van der Waals surface area contributed by atoms with Crippen LogP contribution in [0.15, 0.2) is 42.7 Å². The lowest BCUT2D eigenvalue weighted by Crippen LogP contribution is -2.36. The van der Waals surface area contributed by atoms with Gasteiger partial charge in [-0.25, -0.2) is 19.7 Å². The van der Waals surface area contributed by atoms with Crippen LogP contribution in [0.2, 0.25) is 0 Å². The number of nitriles is 1. The van der Waals surface area contributed by atoms with E-state index in [1.165, 1.54) is 0 Å². The van der Waals surface area contributed by atoms with Gasteiger partial charge in [-0.15, -0.1) is 0 Å². The quantitative estimate of drug-likeness (QED) is 0.327. The number of ether oxygens (including phenoxy) is 1. The molecule has 6 rings (SSSR count). The summed E-state index contributed by atoms with van der Waals surface area (Å²) >= 11 is 0. The van der Waals surface area contributed by atoms with Crippen LogP contribution >= 0.6 is 0 Å². The molecule has 2 saturated heterocycles. The number of nitrogens with one attached hydrogen (secondary N) is 2. The van der Waals surface area contributed by atoms with E-state index in [9.17, 15) is 20.6 Å². The Balaban J connectivity index is 1.37. The second-order valence-corrected chi connectivity index (χ2v) is 11.0. The van der Waals surface area contributed by atoms with Crippen molar-refractivity contribution in [1.82, 2.24) is 15.0 Å². The Morgan fingerprint density at radius 2 is 1.79 bits per heavy atom. The van der Waals surface area contributed by atoms with Crippen LogP contribution in [0.25, 0.3) is 11.1 Å². The van der Waals surface area contributed by atoms with Crippen molar-refractivity contribution in [3.05, 3.63) is 54.0 Å². The average Bonchev–Trinajstić information content (AvgIpc) is 3.00. The van der Waals surface area contributed by atoms with Crippen LogP contribution < -0.4 is 15.1 Å². The van der Waals surface area contributed by atoms with E-state index in [1.54, 1.807) is 18.5 Å². The van der Waals surface area contributed by atoms with Gasteiger partial charge >= 0.3 is 5.97 Å². The third-order valence-corrected chi connectivity index (χ3v) is 8.43. The van der Waals surface area contributed by atoms with Crippen molar-refractivity contribution in [2.45, 2.75) is 32.1 Å². The Morgan fingerprint density at radius 3 is 2.43 bits per heavy atom. The highest BCUT2D eigenvalue weighted by Crippen LogP contribution is 2.38. The van der Waals surface area contributed by atoms with Gasteiger partial charge in [0.2, 0.25) is 0 Å². The molecule has 42 heavy (non-hydrogen) atoms. The summed E-state index contributed by atoms with van der Waals surface area (Å²) in [5, 5.41) is 31.8. The average molecular weight is 567 g/mol. The van der Waals surface area contributed by atoms with Gasteiger partial charge in [-0.2, -0.15) is 5.26 Å². The van der Waals surface area contributed by atoms with Gasteiger partial charge in [-0.1, -0.05) is 6.42 Å². The molecule has 0 spiro atoms. The van der Waals surface area contributed by atoms with Gasteiger partial charge in [0, 0.05) is 79.0 Å². The second-order valence-electron chi connectivity index (χ2n) is 11.0. The normalized spacial score (nSPS) is 17.8. The smallest absolute Gasteiger partial charge is 0.354 e. The Hall–Kier alpha value is -4.56. The molecule has 0 unspecified atom stereocenters. The molecule has 11 nitrogen and oxygen atoms in total. The number of morpholine rings is 1. The highest BCUT2D eigenvalue weighted by atomic mass is 16.5. The lowest BCUT2D eigenvalue weighted by atomic mass is 9.78. The Bertz CT molecular complexity index is 1500. The Kier molecular flexibility index (Phi) is 7.97. The molecular formula is C31H34N8O3. The first-order valence-electron chi connectivity index (χ1n) is 14.5. The zero-order valence-corrected chi connectivity index (χ0v) is 23.4. The first kappa shape index (κ1) is 27.6. The largest absolute Gasteiger partial charge is 0.477 e. The van der Waals surface area contributed by atoms with Gasteiger partial charge in [0.15, 0.2) is 5.69 Å². The molecule has 3 aliphatic rings. The van der Waals surface area contributed by atoms with Crippen molar-refractivity contribution >= 4 is 34.8 Å². The third-order valence-electron chi connectivity index (χ3n) is 8.43. The maximum Gasteiger partial charge on any atom is 0.354 e. The molecule has 3 fully saturated rings. The van der Waals surface area contributed by atoms with Crippen molar-refractivity contribution in [3.63, 3.8) is 0 Å². The van der Waals surface area contributed by atoms with E-state index < -0.39 is 5.97 Å². The summed E-state index contributed by atoms with van der Waals surface area (Å²) in [6, 6.07) is 11.5. The fourth-order valence-corrected chi connectivity index (χ4v) is 5.71. The van der Waals surface area contributed by atoms with Crippen LogP contribution in [0.4, 0.5) is 23.1 Å². The molecular weight excluding hydrogens is 532 g/mol. The molecule has 0 atom stereocenters. The van der Waals surface area contributed by atoms with Crippen molar-refractivity contribution in [1.29, 1.82) is 10.7 Å². The number of piperidine rings is 1. The molecule has 3 N–H and O–H groups in total. The van der Waals surface area contributed by atoms with E-state index >= 15 is 0 Å². The predicted octanol–water partition coefficient (Wildman–Crippen LogP) is 4.72. The van der Waals surface area contributed by atoms with Gasteiger partial charge in [0.1, 0.15) is 17.5 Å². The van der Waals surface area contributed by atoms with Gasteiger partial charge in [-0.05, 0) is 55.5 Å². The Labute approximate surface area is 244 Å². The highest BCUT2D eigenvalue weighted by molar-refractivity contribution is 6.10. The summed E-state index contributed by atoms with van der Waals surface area (Å²) in [5.74, 6) is 0.995. The van der Waals surface area contributed by atoms with E-state index in [-0.39, 0.29) is 17.5 Å². The van der Waals surface area contributed by atoms with Crippen molar-refractivity contribution in [2.75, 3.05) is 54.5 Å². The lowest BCUT2D eigenvalue weighted by Gasteiger charge is -2.30. The Morgan fingerprint density at radius 1 is 1.02 bits per heavy atom. The number of anilines is 4. The number of aromatic nitrogens is 3. The summed E-state index contributed by atoms with van der Waals surface area (Å²) in [6.07, 6.45) is 8.00. The maximum absolute atomic E-state index is 12.2. The van der Waals surface area contributed by atoms with E-state index in [2.05, 4.69) is 31.2 Å². The molecule has 0 radical (unpaired) electrons. The topological polar surface area (TPSA) is 151 Å². The molecule has 216 valence electrons. The molecule has 0 bridgehead atoms. The standard InChI is InChI=1S/C31H34N8O3/c32-18-20-7-10-38(11-8-20)26-5-4-22(19-35-26)24-17-25(31(40)41)37-30(28(24)29(33)21-2-1-3-21)36-23-6-9-34-27(16-23)39-12-14-42-15-13-39/h4-6,9,16-17,19-21,33H,1-3,7-8,10-15H2,(H,40,41)(H,34,36,37). The van der Waals surface area contributed by atoms with Crippen LogP contribution in [0.3, 0.4) is 0 Å². The van der Waals surface area contributed by atoms with Crippen molar-refractivity contribution < 1.29 is 14.6 Å². The van der Waals surface area contributed by atoms with Crippen LogP contribution in [0.5, 0.6) is 0 Å². The van der Waals surface area contributed by atoms with Crippen LogP contribution in [0.1, 0.15) is 48.2 Å². The fraction of sp³-hybridized carbons (Fsp3) is 0.419. The molecule has 0 amide bonds. The zero-order valence-electron chi connectivity index (χ0n) is 23.4. The summed E-state index contributed by atoms with van der Waals surface area (Å²) < 4.78 is 5.48. The molecule has 1 aliphatic carbocycles. The maximum atomic E-state index is 12.2. The summed E-state index contributed by atoms with van der Waals surface area (Å²) in [4.78, 5) is 30.3. The zero-order chi connectivity index (χ0) is 29.1. The van der Waals surface area contributed by atoms with Gasteiger partial charge in [0.25, 0.3) is 0 Å². The minimum Gasteiger partial charge on any atom is -0.477 e.